The Kier molecular flexibility index (Phi) is 4.04. The second-order valence-electron chi connectivity index (χ2n) is 5.77. The Hall–Kier alpha value is -3.35. The summed E-state index contributed by atoms with van der Waals surface area (Å²) in [5.74, 6) is 2.23. The van der Waals surface area contributed by atoms with Gasteiger partial charge in [0.05, 0.1) is 25.3 Å². The number of carbonyl (C=O) groups excluding carboxylic acids is 1. The van der Waals surface area contributed by atoms with Crippen LogP contribution in [-0.2, 0) is 0 Å². The molecular weight excluding hydrogens is 336 g/mol. The predicted molar refractivity (Wildman–Crippen MR) is 96.8 cm³/mol. The van der Waals surface area contributed by atoms with Crippen molar-refractivity contribution in [2.45, 2.75) is 0 Å². The fourth-order valence-corrected chi connectivity index (χ4v) is 2.96. The quantitative estimate of drug-likeness (QED) is 0.752. The lowest BCUT2D eigenvalue weighted by molar-refractivity contribution is 0.102. The highest BCUT2D eigenvalue weighted by molar-refractivity contribution is 6.13. The highest BCUT2D eigenvalue weighted by atomic mass is 16.6. The zero-order valence-electron chi connectivity index (χ0n) is 14.4. The molecule has 2 heterocycles. The van der Waals surface area contributed by atoms with Crippen molar-refractivity contribution >= 4 is 22.5 Å². The third-order valence-electron chi connectivity index (χ3n) is 4.23. The Morgan fingerprint density at radius 1 is 1.04 bits per heavy atom. The van der Waals surface area contributed by atoms with Gasteiger partial charge in [0.2, 0.25) is 0 Å². The molecule has 7 nitrogen and oxygen atoms in total. The van der Waals surface area contributed by atoms with Gasteiger partial charge in [0, 0.05) is 29.4 Å². The first-order chi connectivity index (χ1) is 12.7. The van der Waals surface area contributed by atoms with Gasteiger partial charge in [-0.25, -0.2) is 0 Å². The van der Waals surface area contributed by atoms with Crippen LogP contribution in [0.5, 0.6) is 23.0 Å². The van der Waals surface area contributed by atoms with E-state index in [4.69, 9.17) is 18.9 Å². The van der Waals surface area contributed by atoms with E-state index in [0.717, 1.165) is 10.9 Å². The highest BCUT2D eigenvalue weighted by Gasteiger charge is 2.17. The van der Waals surface area contributed by atoms with Crippen LogP contribution in [0, 0.1) is 0 Å². The zero-order valence-corrected chi connectivity index (χ0v) is 14.4. The summed E-state index contributed by atoms with van der Waals surface area (Å²) in [6.07, 6.45) is 1.66. The molecule has 3 aromatic rings. The fourth-order valence-electron chi connectivity index (χ4n) is 2.96. The van der Waals surface area contributed by atoms with E-state index < -0.39 is 0 Å². The first-order valence-corrected chi connectivity index (χ1v) is 8.13. The summed E-state index contributed by atoms with van der Waals surface area (Å²) >= 11 is 0. The number of fused-ring (bicyclic) bond motifs is 2. The molecule has 0 unspecified atom stereocenters. The SMILES string of the molecule is COc1cc2[nH]cc(C(=O)Nc3ccc4c(c3)OCCO4)c2cc1OC. The summed E-state index contributed by atoms with van der Waals surface area (Å²) in [5, 5.41) is 3.63. The summed E-state index contributed by atoms with van der Waals surface area (Å²) in [7, 11) is 3.13. The number of carbonyl (C=O) groups is 1. The van der Waals surface area contributed by atoms with E-state index in [9.17, 15) is 4.79 Å². The lowest BCUT2D eigenvalue weighted by Gasteiger charge is -2.19. The van der Waals surface area contributed by atoms with Crippen molar-refractivity contribution in [3.8, 4) is 23.0 Å². The molecule has 2 N–H and O–H groups in total. The summed E-state index contributed by atoms with van der Waals surface area (Å²) < 4.78 is 21.7. The smallest absolute Gasteiger partial charge is 0.257 e. The van der Waals surface area contributed by atoms with Crippen LogP contribution >= 0.6 is 0 Å². The number of hydrogen-bond donors (Lipinski definition) is 2. The summed E-state index contributed by atoms with van der Waals surface area (Å²) in [5.41, 5.74) is 1.93. The number of hydrogen-bond acceptors (Lipinski definition) is 5. The van der Waals surface area contributed by atoms with Gasteiger partial charge in [0.25, 0.3) is 5.91 Å². The Morgan fingerprint density at radius 2 is 1.77 bits per heavy atom. The van der Waals surface area contributed by atoms with Crippen molar-refractivity contribution in [1.82, 2.24) is 4.98 Å². The maximum atomic E-state index is 12.7. The molecule has 0 atom stereocenters. The van der Waals surface area contributed by atoms with Crippen LogP contribution in [0.3, 0.4) is 0 Å². The van der Waals surface area contributed by atoms with Crippen LogP contribution in [-0.4, -0.2) is 38.3 Å². The highest BCUT2D eigenvalue weighted by Crippen LogP contribution is 2.35. The van der Waals surface area contributed by atoms with Crippen LogP contribution in [0.1, 0.15) is 10.4 Å². The van der Waals surface area contributed by atoms with E-state index in [1.54, 1.807) is 50.7 Å². The van der Waals surface area contributed by atoms with Crippen LogP contribution in [0.4, 0.5) is 5.69 Å². The number of rotatable bonds is 4. The molecular formula is C19H18N2O5. The Balaban J connectivity index is 1.64. The van der Waals surface area contributed by atoms with Gasteiger partial charge in [0.15, 0.2) is 23.0 Å². The first-order valence-electron chi connectivity index (χ1n) is 8.13. The van der Waals surface area contributed by atoms with Crippen molar-refractivity contribution in [2.24, 2.45) is 0 Å². The van der Waals surface area contributed by atoms with Crippen molar-refractivity contribution in [1.29, 1.82) is 0 Å². The number of ether oxygens (including phenoxy) is 4. The molecule has 7 heteroatoms. The van der Waals surface area contributed by atoms with Crippen LogP contribution in [0.2, 0.25) is 0 Å². The van der Waals surface area contributed by atoms with Gasteiger partial charge in [-0.1, -0.05) is 0 Å². The molecule has 0 saturated heterocycles. The average molecular weight is 354 g/mol. The second kappa shape index (κ2) is 6.51. The number of H-pyrrole nitrogens is 1. The molecule has 1 aromatic heterocycles. The number of aromatic amines is 1. The lowest BCUT2D eigenvalue weighted by atomic mass is 10.1. The normalized spacial score (nSPS) is 12.7. The van der Waals surface area contributed by atoms with E-state index in [-0.39, 0.29) is 5.91 Å². The maximum absolute atomic E-state index is 12.7. The molecule has 26 heavy (non-hydrogen) atoms. The molecule has 1 aliphatic rings. The number of aromatic nitrogens is 1. The van der Waals surface area contributed by atoms with Crippen molar-refractivity contribution in [3.05, 3.63) is 42.1 Å². The molecule has 0 spiro atoms. The number of methoxy groups -OCH3 is 2. The van der Waals surface area contributed by atoms with Gasteiger partial charge in [-0.3, -0.25) is 4.79 Å². The van der Waals surface area contributed by atoms with Crippen molar-refractivity contribution in [3.63, 3.8) is 0 Å². The van der Waals surface area contributed by atoms with Gasteiger partial charge in [0.1, 0.15) is 13.2 Å². The Morgan fingerprint density at radius 3 is 2.54 bits per heavy atom. The number of benzene rings is 2. The Labute approximate surface area is 149 Å². The summed E-state index contributed by atoms with van der Waals surface area (Å²) in [6.45, 7) is 1.02. The van der Waals surface area contributed by atoms with Crippen molar-refractivity contribution in [2.75, 3.05) is 32.8 Å². The van der Waals surface area contributed by atoms with Gasteiger partial charge in [-0.15, -0.1) is 0 Å². The van der Waals surface area contributed by atoms with Crippen molar-refractivity contribution < 1.29 is 23.7 Å². The average Bonchev–Trinajstić information content (AvgIpc) is 3.09. The van der Waals surface area contributed by atoms with Crippen LogP contribution < -0.4 is 24.3 Å². The predicted octanol–water partition coefficient (Wildman–Crippen LogP) is 3.21. The van der Waals surface area contributed by atoms with Crippen LogP contribution in [0.15, 0.2) is 36.5 Å². The molecule has 0 bridgehead atoms. The van der Waals surface area contributed by atoms with Gasteiger partial charge in [-0.05, 0) is 18.2 Å². The molecule has 0 radical (unpaired) electrons. The van der Waals surface area contributed by atoms with E-state index in [2.05, 4.69) is 10.3 Å². The van der Waals surface area contributed by atoms with E-state index in [1.165, 1.54) is 0 Å². The monoisotopic (exact) mass is 354 g/mol. The minimum absolute atomic E-state index is 0.236. The molecule has 0 saturated carbocycles. The second-order valence-corrected chi connectivity index (χ2v) is 5.77. The molecule has 1 aliphatic heterocycles. The van der Waals surface area contributed by atoms with Gasteiger partial charge in [-0.2, -0.15) is 0 Å². The summed E-state index contributed by atoms with van der Waals surface area (Å²) in [4.78, 5) is 15.8. The molecule has 134 valence electrons. The fraction of sp³-hybridized carbons (Fsp3) is 0.211. The van der Waals surface area contributed by atoms with Crippen LogP contribution in [0.25, 0.3) is 10.9 Å². The third-order valence-corrected chi connectivity index (χ3v) is 4.23. The van der Waals surface area contributed by atoms with E-state index >= 15 is 0 Å². The number of nitrogens with one attached hydrogen (secondary N) is 2. The largest absolute Gasteiger partial charge is 0.493 e. The van der Waals surface area contributed by atoms with E-state index in [0.29, 0.717) is 47.5 Å². The third kappa shape index (κ3) is 2.77. The minimum Gasteiger partial charge on any atom is -0.493 e. The summed E-state index contributed by atoms with van der Waals surface area (Å²) in [6, 6.07) is 8.90. The molecule has 4 rings (SSSR count). The number of anilines is 1. The zero-order chi connectivity index (χ0) is 18.1. The Bertz CT molecular complexity index is 979. The lowest BCUT2D eigenvalue weighted by Crippen LogP contribution is -2.16. The van der Waals surface area contributed by atoms with Gasteiger partial charge < -0.3 is 29.2 Å². The minimum atomic E-state index is -0.236. The molecule has 1 amide bonds. The maximum Gasteiger partial charge on any atom is 0.257 e. The standard InChI is InChI=1S/C19H18N2O5/c1-23-16-8-12-13(10-20-14(12)9-17(16)24-2)19(22)21-11-3-4-15-18(7-11)26-6-5-25-15/h3-4,7-10,20H,5-6H2,1-2H3,(H,21,22). The van der Waals surface area contributed by atoms with Gasteiger partial charge >= 0.3 is 0 Å². The molecule has 2 aromatic carbocycles. The topological polar surface area (TPSA) is 81.8 Å². The molecule has 0 fully saturated rings. The molecule has 0 aliphatic carbocycles. The first kappa shape index (κ1) is 16.1. The number of amides is 1. The van der Waals surface area contributed by atoms with E-state index in [1.807, 2.05) is 0 Å².